The number of aliphatic hydroxyl groups is 1. The molecule has 0 unspecified atom stereocenters. The van der Waals surface area contributed by atoms with Crippen molar-refractivity contribution >= 4 is 38.0 Å². The third-order valence-electron chi connectivity index (χ3n) is 7.19. The lowest BCUT2D eigenvalue weighted by atomic mass is 9.98. The molecule has 2 aromatic heterocycles. The van der Waals surface area contributed by atoms with E-state index in [2.05, 4.69) is 39.3 Å². The van der Waals surface area contributed by atoms with Gasteiger partial charge in [-0.1, -0.05) is 39.3 Å². The van der Waals surface area contributed by atoms with Crippen LogP contribution < -0.4 is 9.47 Å². The topological polar surface area (TPSA) is 67.0 Å². The van der Waals surface area contributed by atoms with Gasteiger partial charge in [-0.2, -0.15) is 0 Å². The molecular weight excluding hydrogens is 537 g/mol. The number of hydrogen-bond donors (Lipinski definition) is 1. The van der Waals surface area contributed by atoms with E-state index in [9.17, 15) is 5.11 Å². The zero-order valence-electron chi connectivity index (χ0n) is 25.4. The van der Waals surface area contributed by atoms with Crippen LogP contribution in [0.15, 0.2) is 48.8 Å². The molecule has 2 heterocycles. The molecule has 0 bridgehead atoms. The first-order chi connectivity index (χ1) is 18.8. The molecule has 0 saturated heterocycles. The van der Waals surface area contributed by atoms with E-state index in [1.54, 1.807) is 0 Å². The Morgan fingerprint density at radius 3 is 1.45 bits per heavy atom. The second-order valence-corrected chi connectivity index (χ2v) is 24.4. The summed E-state index contributed by atoms with van der Waals surface area (Å²) in [5, 5.41) is 13.6. The Labute approximate surface area is 240 Å². The molecule has 0 fully saturated rings. The maximum Gasteiger partial charge on any atom is 0.189 e. The number of ether oxygens (including phenoxy) is 4. The van der Waals surface area contributed by atoms with Crippen molar-refractivity contribution in [1.82, 2.24) is 9.13 Å². The molecule has 7 nitrogen and oxygen atoms in total. The molecular formula is C31H46N2O5Si2. The number of fused-ring (bicyclic) bond motifs is 2. The number of aryl methyl sites for hydroxylation is 2. The summed E-state index contributed by atoms with van der Waals surface area (Å²) in [6.07, 6.45) is 3.14. The monoisotopic (exact) mass is 582 g/mol. The third kappa shape index (κ3) is 7.79. The van der Waals surface area contributed by atoms with Crippen LogP contribution in [0.25, 0.3) is 21.8 Å². The van der Waals surface area contributed by atoms with Gasteiger partial charge in [-0.3, -0.25) is 0 Å². The van der Waals surface area contributed by atoms with Crippen molar-refractivity contribution in [3.8, 4) is 11.5 Å². The van der Waals surface area contributed by atoms with Gasteiger partial charge in [0.05, 0.1) is 11.0 Å². The van der Waals surface area contributed by atoms with Crippen molar-refractivity contribution in [2.24, 2.45) is 14.1 Å². The van der Waals surface area contributed by atoms with E-state index in [1.165, 1.54) is 0 Å². The molecule has 0 aliphatic heterocycles. The first-order valence-corrected chi connectivity index (χ1v) is 21.5. The van der Waals surface area contributed by atoms with Gasteiger partial charge in [0.1, 0.15) is 17.6 Å². The predicted molar refractivity (Wildman–Crippen MR) is 169 cm³/mol. The summed E-state index contributed by atoms with van der Waals surface area (Å²) in [5.74, 6) is 1.40. The Balaban J connectivity index is 1.57. The molecule has 0 saturated carbocycles. The van der Waals surface area contributed by atoms with E-state index in [0.717, 1.165) is 45.0 Å². The van der Waals surface area contributed by atoms with Crippen LogP contribution in [0.1, 0.15) is 17.2 Å². The zero-order chi connectivity index (χ0) is 29.1. The first-order valence-electron chi connectivity index (χ1n) is 14.1. The molecule has 0 amide bonds. The van der Waals surface area contributed by atoms with Crippen molar-refractivity contribution in [1.29, 1.82) is 0 Å². The second-order valence-electron chi connectivity index (χ2n) is 13.1. The van der Waals surface area contributed by atoms with Gasteiger partial charge in [0.15, 0.2) is 13.6 Å². The van der Waals surface area contributed by atoms with Gasteiger partial charge in [-0.15, -0.1) is 0 Å². The summed E-state index contributed by atoms with van der Waals surface area (Å²) in [6.45, 7) is 15.7. The summed E-state index contributed by atoms with van der Waals surface area (Å²) in [5.41, 5.74) is 3.47. The van der Waals surface area contributed by atoms with E-state index >= 15 is 0 Å². The van der Waals surface area contributed by atoms with E-state index in [0.29, 0.717) is 24.7 Å². The molecule has 4 aromatic rings. The highest BCUT2D eigenvalue weighted by molar-refractivity contribution is 6.76. The van der Waals surface area contributed by atoms with Crippen molar-refractivity contribution < 1.29 is 24.1 Å². The normalized spacial score (nSPS) is 12.7. The number of aromatic nitrogens is 2. The largest absolute Gasteiger partial charge is 0.467 e. The predicted octanol–water partition coefficient (Wildman–Crippen LogP) is 7.13. The number of rotatable bonds is 14. The first kappa shape index (κ1) is 30.4. The van der Waals surface area contributed by atoms with Crippen LogP contribution in [0, 0.1) is 0 Å². The van der Waals surface area contributed by atoms with Crippen molar-refractivity contribution in [3.05, 3.63) is 59.9 Å². The fourth-order valence-electron chi connectivity index (χ4n) is 4.55. The Bertz CT molecular complexity index is 1320. The van der Waals surface area contributed by atoms with Crippen molar-refractivity contribution in [3.63, 3.8) is 0 Å². The highest BCUT2D eigenvalue weighted by Gasteiger charge is 2.20. The Morgan fingerprint density at radius 2 is 1.07 bits per heavy atom. The minimum atomic E-state index is -1.17. The highest BCUT2D eigenvalue weighted by Crippen LogP contribution is 2.36. The minimum absolute atomic E-state index is 0.180. The number of hydrogen-bond acceptors (Lipinski definition) is 5. The van der Waals surface area contributed by atoms with Crippen LogP contribution in [-0.4, -0.2) is 57.2 Å². The lowest BCUT2D eigenvalue weighted by molar-refractivity contribution is 0.0228. The Kier molecular flexibility index (Phi) is 9.52. The summed E-state index contributed by atoms with van der Waals surface area (Å²) >= 11 is 0. The summed E-state index contributed by atoms with van der Waals surface area (Å²) in [6, 6.07) is 14.1. The fourth-order valence-corrected chi connectivity index (χ4v) is 6.06. The third-order valence-corrected chi connectivity index (χ3v) is 10.6. The van der Waals surface area contributed by atoms with E-state index in [4.69, 9.17) is 18.9 Å². The second kappa shape index (κ2) is 12.5. The van der Waals surface area contributed by atoms with Gasteiger partial charge in [-0.25, -0.2) is 0 Å². The smallest absolute Gasteiger partial charge is 0.189 e. The average molecular weight is 583 g/mol. The summed E-state index contributed by atoms with van der Waals surface area (Å²) < 4.78 is 27.9. The van der Waals surface area contributed by atoms with Crippen molar-refractivity contribution in [2.45, 2.75) is 57.5 Å². The molecule has 9 heteroatoms. The maximum absolute atomic E-state index is 11.6. The molecule has 0 aliphatic carbocycles. The minimum Gasteiger partial charge on any atom is -0.467 e. The van der Waals surface area contributed by atoms with Crippen LogP contribution in [0.3, 0.4) is 0 Å². The highest BCUT2D eigenvalue weighted by atomic mass is 28.3. The molecule has 0 spiro atoms. The lowest BCUT2D eigenvalue weighted by Crippen LogP contribution is -2.22. The standard InChI is InChI=1S/C31H46N2O5Si2/c1-32-11-9-25-27(32)17-23(19-29(25)37-21-35-13-15-39(3,4)5)31(34)24-18-28-26(10-12-33(28)2)30(20-24)38-22-36-14-16-40(6,7)8/h9-12,17-20,31,34H,13-16,21-22H2,1-8H3. The molecule has 1 N–H and O–H groups in total. The average Bonchev–Trinajstić information content (AvgIpc) is 3.44. The zero-order valence-corrected chi connectivity index (χ0v) is 27.4. The molecule has 2 aromatic carbocycles. The maximum atomic E-state index is 11.6. The van der Waals surface area contributed by atoms with Gasteiger partial charge >= 0.3 is 0 Å². The Hall–Kier alpha value is -2.57. The van der Waals surface area contributed by atoms with Gasteiger partial charge in [0, 0.05) is 66.6 Å². The van der Waals surface area contributed by atoms with E-state index < -0.39 is 22.3 Å². The van der Waals surface area contributed by atoms with E-state index in [1.807, 2.05) is 72.0 Å². The lowest BCUT2D eigenvalue weighted by Gasteiger charge is -2.18. The fraction of sp³-hybridized carbons (Fsp3) is 0.484. The quantitative estimate of drug-likeness (QED) is 0.0973. The van der Waals surface area contributed by atoms with Crippen molar-refractivity contribution in [2.75, 3.05) is 26.8 Å². The number of nitrogens with zero attached hydrogens (tertiary/aromatic N) is 2. The van der Waals surface area contributed by atoms with Crippen LogP contribution in [0.5, 0.6) is 11.5 Å². The molecule has 0 atom stereocenters. The summed E-state index contributed by atoms with van der Waals surface area (Å²) in [4.78, 5) is 0. The van der Waals surface area contributed by atoms with Gasteiger partial charge in [0.2, 0.25) is 0 Å². The van der Waals surface area contributed by atoms with Crippen LogP contribution in [0.4, 0.5) is 0 Å². The van der Waals surface area contributed by atoms with E-state index in [-0.39, 0.29) is 13.6 Å². The molecule has 218 valence electrons. The number of aliphatic hydroxyl groups excluding tert-OH is 1. The van der Waals surface area contributed by atoms with Gasteiger partial charge < -0.3 is 33.2 Å². The van der Waals surface area contributed by atoms with Gasteiger partial charge in [-0.05, 0) is 59.6 Å². The Morgan fingerprint density at radius 1 is 0.675 bits per heavy atom. The molecule has 40 heavy (non-hydrogen) atoms. The van der Waals surface area contributed by atoms with Crippen LogP contribution in [0.2, 0.25) is 51.4 Å². The molecule has 0 aliphatic rings. The van der Waals surface area contributed by atoms with Crippen LogP contribution in [-0.2, 0) is 23.6 Å². The van der Waals surface area contributed by atoms with Gasteiger partial charge in [0.25, 0.3) is 0 Å². The molecule has 4 rings (SSSR count). The molecule has 0 radical (unpaired) electrons. The SMILES string of the molecule is Cn1ccc2c(OCOCC[Si](C)(C)C)cc(C(O)c3cc(OCOCC[Si](C)(C)C)c4ccn(C)c4c3)cc21. The number of benzene rings is 2. The summed E-state index contributed by atoms with van der Waals surface area (Å²) in [7, 11) is 1.66. The van der Waals surface area contributed by atoms with Crippen LogP contribution >= 0.6 is 0 Å².